The zero-order chi connectivity index (χ0) is 23.5. The van der Waals surface area contributed by atoms with Crippen molar-refractivity contribution >= 4 is 16.0 Å². The number of likely N-dealkylation sites (tertiary alicyclic amines) is 1. The molecule has 1 saturated heterocycles. The highest BCUT2D eigenvalue weighted by molar-refractivity contribution is 7.86. The van der Waals surface area contributed by atoms with E-state index in [0.29, 0.717) is 18.9 Å². The average molecular weight is 471 g/mol. The standard InChI is InChI=1S/C26H34N2O4S/c1-20-6-5-18-28(20)19-15-21-7-9-22(10-8-21)23-11-13-24(14-12-23)33(30,31)32-26(25(27)29)16-3-2-4-17-26/h7-14,20H,2-6,15-19H2,1H3,(H2,27,29). The van der Waals surface area contributed by atoms with Gasteiger partial charge in [0.2, 0.25) is 0 Å². The van der Waals surface area contributed by atoms with Gasteiger partial charge < -0.3 is 10.6 Å². The average Bonchev–Trinajstić information content (AvgIpc) is 3.23. The van der Waals surface area contributed by atoms with Crippen molar-refractivity contribution in [2.45, 2.75) is 74.8 Å². The number of rotatable bonds is 8. The fraction of sp³-hybridized carbons (Fsp3) is 0.500. The van der Waals surface area contributed by atoms with Crippen molar-refractivity contribution in [3.8, 4) is 11.1 Å². The van der Waals surface area contributed by atoms with Gasteiger partial charge in [-0.3, -0.25) is 4.79 Å². The molecule has 0 spiro atoms. The minimum atomic E-state index is -4.09. The first kappa shape index (κ1) is 23.9. The van der Waals surface area contributed by atoms with E-state index in [2.05, 4.69) is 36.1 Å². The Morgan fingerprint density at radius 3 is 2.15 bits per heavy atom. The van der Waals surface area contributed by atoms with Crippen LogP contribution in [0, 0.1) is 0 Å². The fourth-order valence-electron chi connectivity index (χ4n) is 5.03. The number of hydrogen-bond donors (Lipinski definition) is 1. The number of carbonyl (C=O) groups is 1. The molecule has 178 valence electrons. The van der Waals surface area contributed by atoms with E-state index >= 15 is 0 Å². The molecule has 2 aliphatic rings. The van der Waals surface area contributed by atoms with E-state index < -0.39 is 21.6 Å². The maximum atomic E-state index is 12.9. The first-order chi connectivity index (χ1) is 15.8. The van der Waals surface area contributed by atoms with Gasteiger partial charge in [-0.05, 0) is 87.2 Å². The fourth-order valence-corrected chi connectivity index (χ4v) is 6.26. The first-order valence-electron chi connectivity index (χ1n) is 12.0. The van der Waals surface area contributed by atoms with Crippen LogP contribution in [0.15, 0.2) is 53.4 Å². The molecule has 2 N–H and O–H groups in total. The lowest BCUT2D eigenvalue weighted by Gasteiger charge is -2.33. The van der Waals surface area contributed by atoms with Crippen molar-refractivity contribution in [1.29, 1.82) is 0 Å². The summed E-state index contributed by atoms with van der Waals surface area (Å²) in [5, 5.41) is 0. The zero-order valence-electron chi connectivity index (χ0n) is 19.3. The number of amides is 1. The molecule has 0 aromatic heterocycles. The summed E-state index contributed by atoms with van der Waals surface area (Å²) in [6.45, 7) is 4.58. The molecule has 1 aliphatic carbocycles. The van der Waals surface area contributed by atoms with E-state index in [1.807, 2.05) is 0 Å². The molecule has 7 heteroatoms. The maximum Gasteiger partial charge on any atom is 0.298 e. The van der Waals surface area contributed by atoms with Crippen molar-refractivity contribution in [3.05, 3.63) is 54.1 Å². The third-order valence-electron chi connectivity index (χ3n) is 7.19. The van der Waals surface area contributed by atoms with Crippen LogP contribution in [0.25, 0.3) is 11.1 Å². The number of hydrogen-bond acceptors (Lipinski definition) is 5. The van der Waals surface area contributed by atoms with Gasteiger partial charge in [0.25, 0.3) is 16.0 Å². The third kappa shape index (κ3) is 5.48. The van der Waals surface area contributed by atoms with Crippen molar-refractivity contribution < 1.29 is 17.4 Å². The Bertz CT molecular complexity index is 1060. The van der Waals surface area contributed by atoms with E-state index in [1.165, 1.54) is 37.1 Å². The molecule has 2 aromatic rings. The van der Waals surface area contributed by atoms with Gasteiger partial charge in [-0.25, -0.2) is 4.18 Å². The van der Waals surface area contributed by atoms with Crippen LogP contribution in [-0.2, 0) is 25.5 Å². The molecule has 1 unspecified atom stereocenters. The van der Waals surface area contributed by atoms with Crippen molar-refractivity contribution in [1.82, 2.24) is 4.90 Å². The molecule has 4 rings (SSSR count). The van der Waals surface area contributed by atoms with Crippen LogP contribution in [0.5, 0.6) is 0 Å². The van der Waals surface area contributed by atoms with Gasteiger partial charge in [0.15, 0.2) is 5.60 Å². The summed E-state index contributed by atoms with van der Waals surface area (Å²) in [6, 6.07) is 15.7. The number of nitrogens with two attached hydrogens (primary N) is 1. The molecule has 1 aliphatic heterocycles. The Hall–Kier alpha value is -2.22. The highest BCUT2D eigenvalue weighted by atomic mass is 32.2. The largest absolute Gasteiger partial charge is 0.367 e. The normalized spacial score (nSPS) is 21.2. The first-order valence-corrected chi connectivity index (χ1v) is 13.4. The van der Waals surface area contributed by atoms with Crippen molar-refractivity contribution in [2.75, 3.05) is 13.1 Å². The quantitative estimate of drug-likeness (QED) is 0.582. The van der Waals surface area contributed by atoms with Gasteiger partial charge in [-0.1, -0.05) is 42.8 Å². The number of benzene rings is 2. The van der Waals surface area contributed by atoms with Crippen LogP contribution >= 0.6 is 0 Å². The molecule has 33 heavy (non-hydrogen) atoms. The molecule has 1 atom stereocenters. The van der Waals surface area contributed by atoms with E-state index in [4.69, 9.17) is 9.92 Å². The monoisotopic (exact) mass is 470 g/mol. The lowest BCUT2D eigenvalue weighted by molar-refractivity contribution is -0.135. The predicted molar refractivity (Wildman–Crippen MR) is 129 cm³/mol. The molecule has 1 amide bonds. The summed E-state index contributed by atoms with van der Waals surface area (Å²) in [5.41, 5.74) is 7.35. The van der Waals surface area contributed by atoms with Crippen LogP contribution in [0.3, 0.4) is 0 Å². The van der Waals surface area contributed by atoms with Crippen LogP contribution in [0.1, 0.15) is 57.4 Å². The Kier molecular flexibility index (Phi) is 7.22. The minimum absolute atomic E-state index is 0.0359. The topological polar surface area (TPSA) is 89.7 Å². The summed E-state index contributed by atoms with van der Waals surface area (Å²) in [7, 11) is -4.09. The molecule has 6 nitrogen and oxygen atoms in total. The maximum absolute atomic E-state index is 12.9. The second-order valence-corrected chi connectivity index (χ2v) is 11.0. The third-order valence-corrected chi connectivity index (χ3v) is 8.58. The van der Waals surface area contributed by atoms with E-state index in [0.717, 1.165) is 43.4 Å². The highest BCUT2D eigenvalue weighted by Gasteiger charge is 2.43. The van der Waals surface area contributed by atoms with Gasteiger partial charge in [-0.2, -0.15) is 8.42 Å². The molecule has 1 saturated carbocycles. The predicted octanol–water partition coefficient (Wildman–Crippen LogP) is 4.27. The van der Waals surface area contributed by atoms with Gasteiger partial charge in [0.05, 0.1) is 4.90 Å². The smallest absolute Gasteiger partial charge is 0.298 e. The van der Waals surface area contributed by atoms with Crippen molar-refractivity contribution in [2.24, 2.45) is 5.73 Å². The van der Waals surface area contributed by atoms with Crippen LogP contribution < -0.4 is 5.73 Å². The Labute approximate surface area is 197 Å². The Morgan fingerprint density at radius 1 is 1.00 bits per heavy atom. The SMILES string of the molecule is CC1CCCN1CCc1ccc(-c2ccc(S(=O)(=O)OC3(C(N)=O)CCCCC3)cc2)cc1. The van der Waals surface area contributed by atoms with Crippen LogP contribution in [-0.4, -0.2) is 44.0 Å². The minimum Gasteiger partial charge on any atom is -0.367 e. The van der Waals surface area contributed by atoms with E-state index in [9.17, 15) is 13.2 Å². The highest BCUT2D eigenvalue weighted by Crippen LogP contribution is 2.35. The summed E-state index contributed by atoms with van der Waals surface area (Å²) < 4.78 is 31.2. The second-order valence-electron chi connectivity index (χ2n) is 9.46. The lowest BCUT2D eigenvalue weighted by atomic mass is 9.84. The molecular weight excluding hydrogens is 436 g/mol. The zero-order valence-corrected chi connectivity index (χ0v) is 20.1. The van der Waals surface area contributed by atoms with Gasteiger partial charge >= 0.3 is 0 Å². The van der Waals surface area contributed by atoms with Gasteiger partial charge in [0.1, 0.15) is 0 Å². The molecule has 2 fully saturated rings. The summed E-state index contributed by atoms with van der Waals surface area (Å²) >= 11 is 0. The van der Waals surface area contributed by atoms with E-state index in [-0.39, 0.29) is 4.90 Å². The Balaban J connectivity index is 1.42. The lowest BCUT2D eigenvalue weighted by Crippen LogP contribution is -2.49. The molecule has 0 bridgehead atoms. The summed E-state index contributed by atoms with van der Waals surface area (Å²) in [6.07, 6.45) is 6.68. The molecule has 0 radical (unpaired) electrons. The van der Waals surface area contributed by atoms with Crippen LogP contribution in [0.2, 0.25) is 0 Å². The Morgan fingerprint density at radius 2 is 1.61 bits per heavy atom. The number of nitrogens with zero attached hydrogens (tertiary/aromatic N) is 1. The molecule has 2 aromatic carbocycles. The molecular formula is C26H34N2O4S. The summed E-state index contributed by atoms with van der Waals surface area (Å²) in [4.78, 5) is 14.6. The second kappa shape index (κ2) is 9.95. The van der Waals surface area contributed by atoms with Gasteiger partial charge in [-0.15, -0.1) is 0 Å². The number of primary amides is 1. The molecule has 1 heterocycles. The van der Waals surface area contributed by atoms with Crippen molar-refractivity contribution in [3.63, 3.8) is 0 Å². The van der Waals surface area contributed by atoms with Crippen LogP contribution in [0.4, 0.5) is 0 Å². The van der Waals surface area contributed by atoms with Gasteiger partial charge in [0, 0.05) is 12.6 Å². The number of carbonyl (C=O) groups excluding carboxylic acids is 1. The van der Waals surface area contributed by atoms with E-state index in [1.54, 1.807) is 12.1 Å². The summed E-state index contributed by atoms with van der Waals surface area (Å²) in [5.74, 6) is -0.707.